The number of benzene rings is 2. The summed E-state index contributed by atoms with van der Waals surface area (Å²) in [6.45, 7) is 16.8. The van der Waals surface area contributed by atoms with E-state index in [1.807, 2.05) is 6.07 Å². The van der Waals surface area contributed by atoms with Crippen molar-refractivity contribution in [1.29, 1.82) is 5.26 Å². The van der Waals surface area contributed by atoms with Gasteiger partial charge < -0.3 is 4.85 Å². The highest BCUT2D eigenvalue weighted by molar-refractivity contribution is 5.96. The van der Waals surface area contributed by atoms with Crippen LogP contribution >= 0.6 is 0 Å². The van der Waals surface area contributed by atoms with Crippen LogP contribution in [0.3, 0.4) is 0 Å². The molecule has 8 atom stereocenters. The fraction of sp³-hybridized carbons (Fsp3) is 0.433. The number of carbonyl (C=O) groups excluding carboxylic acids is 2. The van der Waals surface area contributed by atoms with Gasteiger partial charge in [0.05, 0.1) is 35.6 Å². The molecule has 5 rings (SSSR count). The number of aryl methyl sites for hydroxylation is 1. The second kappa shape index (κ2) is 9.73. The van der Waals surface area contributed by atoms with E-state index < -0.39 is 82.3 Å². The van der Waals surface area contributed by atoms with Crippen LogP contribution in [0.1, 0.15) is 52.5 Å². The van der Waals surface area contributed by atoms with E-state index in [9.17, 15) is 41.2 Å². The Morgan fingerprint density at radius 1 is 0.829 bits per heavy atom. The molecule has 11 heteroatoms. The highest BCUT2D eigenvalue weighted by Gasteiger charge is 2.63. The molecule has 0 bridgehead atoms. The average Bonchev–Trinajstić information content (AvgIpc) is 3.35. The predicted octanol–water partition coefficient (Wildman–Crippen LogP) is 7.30. The number of nitrogens with zero attached hydrogens (tertiary/aromatic N) is 3. The molecular formula is C30H21F6N3O2. The molecule has 210 valence electrons. The van der Waals surface area contributed by atoms with Crippen molar-refractivity contribution in [3.8, 4) is 6.07 Å². The molecule has 3 saturated carbocycles. The molecule has 0 radical (unpaired) electrons. The van der Waals surface area contributed by atoms with Gasteiger partial charge in [0.2, 0.25) is 6.04 Å². The number of nitriles is 1. The Balaban J connectivity index is 1.52. The van der Waals surface area contributed by atoms with Gasteiger partial charge in [0, 0.05) is 17.8 Å². The number of rotatable bonds is 2. The fourth-order valence-electron chi connectivity index (χ4n) is 7.23. The number of Topliss-reactive ketones (excluding diaryl/α,β-unsaturated/α-hetero) is 2. The summed E-state index contributed by atoms with van der Waals surface area (Å²) in [4.78, 5) is 34.4. The highest BCUT2D eigenvalue weighted by Crippen LogP contribution is 2.59. The van der Waals surface area contributed by atoms with Crippen molar-refractivity contribution < 1.29 is 35.9 Å². The Kier molecular flexibility index (Phi) is 6.73. The molecule has 0 heterocycles. The third kappa shape index (κ3) is 4.56. The van der Waals surface area contributed by atoms with Crippen molar-refractivity contribution in [1.82, 2.24) is 0 Å². The van der Waals surface area contributed by atoms with Crippen molar-refractivity contribution in [2.24, 2.45) is 29.6 Å². The predicted molar refractivity (Wildman–Crippen MR) is 132 cm³/mol. The van der Waals surface area contributed by atoms with Crippen LogP contribution in [0, 0.1) is 61.0 Å². The van der Waals surface area contributed by atoms with E-state index in [1.165, 1.54) is 0 Å². The molecule has 0 spiro atoms. The first-order valence-corrected chi connectivity index (χ1v) is 12.8. The molecular weight excluding hydrogens is 548 g/mol. The molecule has 5 nitrogen and oxygen atoms in total. The minimum Gasteiger partial charge on any atom is -0.312 e. The third-order valence-corrected chi connectivity index (χ3v) is 9.00. The van der Waals surface area contributed by atoms with Crippen LogP contribution in [-0.2, 0) is 21.9 Å². The zero-order chi connectivity index (χ0) is 30.0. The molecule has 3 fully saturated rings. The third-order valence-electron chi connectivity index (χ3n) is 9.00. The first kappa shape index (κ1) is 28.4. The van der Waals surface area contributed by atoms with Gasteiger partial charge in [-0.2, -0.15) is 31.6 Å². The molecule has 3 aliphatic carbocycles. The molecule has 8 unspecified atom stereocenters. The van der Waals surface area contributed by atoms with Crippen LogP contribution in [0.25, 0.3) is 9.69 Å². The van der Waals surface area contributed by atoms with Crippen LogP contribution in [-0.4, -0.2) is 17.6 Å². The van der Waals surface area contributed by atoms with Crippen molar-refractivity contribution in [2.45, 2.75) is 50.0 Å². The number of carbonyl (C=O) groups is 2. The lowest BCUT2D eigenvalue weighted by molar-refractivity contribution is -0.143. The molecule has 41 heavy (non-hydrogen) atoms. The van der Waals surface area contributed by atoms with Crippen LogP contribution in [0.2, 0.25) is 0 Å². The van der Waals surface area contributed by atoms with E-state index in [0.717, 1.165) is 0 Å². The monoisotopic (exact) mass is 569 g/mol. The van der Waals surface area contributed by atoms with Crippen molar-refractivity contribution in [3.63, 3.8) is 0 Å². The van der Waals surface area contributed by atoms with Crippen LogP contribution < -0.4 is 0 Å². The van der Waals surface area contributed by atoms with Crippen LogP contribution in [0.5, 0.6) is 0 Å². The van der Waals surface area contributed by atoms with Crippen molar-refractivity contribution in [3.05, 3.63) is 87.0 Å². The van der Waals surface area contributed by atoms with Crippen LogP contribution in [0.15, 0.2) is 36.4 Å². The number of halogens is 6. The fourth-order valence-corrected chi connectivity index (χ4v) is 7.23. The summed E-state index contributed by atoms with van der Waals surface area (Å²) in [5.41, 5.74) is -2.03. The van der Waals surface area contributed by atoms with Gasteiger partial charge >= 0.3 is 12.4 Å². The van der Waals surface area contributed by atoms with E-state index in [2.05, 4.69) is 9.69 Å². The van der Waals surface area contributed by atoms with E-state index in [1.54, 1.807) is 25.1 Å². The Labute approximate surface area is 231 Å². The Hall–Kier alpha value is -4.17. The topological polar surface area (TPSA) is 66.7 Å². The van der Waals surface area contributed by atoms with Gasteiger partial charge in [-0.05, 0) is 60.6 Å². The summed E-state index contributed by atoms with van der Waals surface area (Å²) >= 11 is 0. The SMILES string of the molecule is [C-]#[N+]c1ccc(C2C(=O)C3CC4C(=O)C(c5cc(C(F)(F)F)cc(C(F)(F)F)c5)C(C#N)C4CC3C2[N+]#[C-])cc1C. The molecule has 2 aromatic carbocycles. The molecule has 2 aromatic rings. The molecule has 0 aromatic heterocycles. The smallest absolute Gasteiger partial charge is 0.312 e. The maximum Gasteiger partial charge on any atom is 0.416 e. The van der Waals surface area contributed by atoms with Crippen LogP contribution in [0.4, 0.5) is 32.0 Å². The normalized spacial score (nSPS) is 31.1. The summed E-state index contributed by atoms with van der Waals surface area (Å²) in [6, 6.07) is 7.03. The summed E-state index contributed by atoms with van der Waals surface area (Å²) in [5.74, 6) is -7.30. The zero-order valence-corrected chi connectivity index (χ0v) is 21.4. The number of fused-ring (bicyclic) bond motifs is 2. The number of hydrogen-bond acceptors (Lipinski definition) is 3. The maximum absolute atomic E-state index is 13.7. The van der Waals surface area contributed by atoms with Gasteiger partial charge in [-0.1, -0.05) is 18.2 Å². The summed E-state index contributed by atoms with van der Waals surface area (Å²) in [5, 5.41) is 10.0. The largest absolute Gasteiger partial charge is 0.416 e. The molecule has 0 amide bonds. The van der Waals surface area contributed by atoms with Gasteiger partial charge in [0.25, 0.3) is 0 Å². The number of alkyl halides is 6. The van der Waals surface area contributed by atoms with E-state index in [-0.39, 0.29) is 24.7 Å². The lowest BCUT2D eigenvalue weighted by Crippen LogP contribution is -2.35. The quantitative estimate of drug-likeness (QED) is 0.282. The van der Waals surface area contributed by atoms with Gasteiger partial charge in [-0.25, -0.2) is 11.4 Å². The average molecular weight is 570 g/mol. The molecule has 0 aliphatic heterocycles. The lowest BCUT2D eigenvalue weighted by atomic mass is 9.68. The molecule has 3 aliphatic rings. The standard InChI is InChI=1S/C30H21F6N3O2/c1-13-6-14(4-5-23(13)38-2)25-26(39-3)19-10-18-20(11-21(19)28(25)41)27(40)24(22(18)12-37)15-7-16(29(31,32)33)9-17(8-15)30(34,35)36/h4-9,18-22,24-26H,10-11H2,1H3. The Morgan fingerprint density at radius 2 is 1.41 bits per heavy atom. The second-order valence-corrected chi connectivity index (χ2v) is 11.0. The van der Waals surface area contributed by atoms with Gasteiger partial charge in [-0.15, -0.1) is 0 Å². The van der Waals surface area contributed by atoms with E-state index in [0.29, 0.717) is 28.9 Å². The Morgan fingerprint density at radius 3 is 1.93 bits per heavy atom. The Bertz CT molecular complexity index is 1540. The number of ketones is 2. The minimum atomic E-state index is -5.11. The van der Waals surface area contributed by atoms with E-state index >= 15 is 0 Å². The minimum absolute atomic E-state index is 0.0194. The van der Waals surface area contributed by atoms with E-state index in [4.69, 9.17) is 13.1 Å². The number of hydrogen-bond donors (Lipinski definition) is 0. The summed E-state index contributed by atoms with van der Waals surface area (Å²) in [7, 11) is 0. The van der Waals surface area contributed by atoms with Gasteiger partial charge in [0.15, 0.2) is 11.5 Å². The summed E-state index contributed by atoms with van der Waals surface area (Å²) < 4.78 is 81.1. The van der Waals surface area contributed by atoms with Gasteiger partial charge in [0.1, 0.15) is 11.7 Å². The molecule has 0 N–H and O–H groups in total. The van der Waals surface area contributed by atoms with Gasteiger partial charge in [-0.3, -0.25) is 9.59 Å². The van der Waals surface area contributed by atoms with Crippen molar-refractivity contribution >= 4 is 17.3 Å². The highest BCUT2D eigenvalue weighted by atomic mass is 19.4. The lowest BCUT2D eigenvalue weighted by Gasteiger charge is -2.33. The zero-order valence-electron chi connectivity index (χ0n) is 21.4. The first-order valence-electron chi connectivity index (χ1n) is 12.8. The maximum atomic E-state index is 13.7. The second-order valence-electron chi connectivity index (χ2n) is 11.0. The first-order chi connectivity index (χ1) is 19.2. The van der Waals surface area contributed by atoms with Crippen molar-refractivity contribution in [2.75, 3.05) is 0 Å². The molecule has 0 saturated heterocycles. The summed E-state index contributed by atoms with van der Waals surface area (Å²) in [6.07, 6.45) is -10.1.